The fourth-order valence-electron chi connectivity index (χ4n) is 2.14. The van der Waals surface area contributed by atoms with Crippen LogP contribution in [0.4, 0.5) is 0 Å². The van der Waals surface area contributed by atoms with E-state index >= 15 is 0 Å². The summed E-state index contributed by atoms with van der Waals surface area (Å²) < 4.78 is 0. The maximum atomic E-state index is 12.2. The summed E-state index contributed by atoms with van der Waals surface area (Å²) in [6, 6.07) is 5.44. The summed E-state index contributed by atoms with van der Waals surface area (Å²) in [5, 5.41) is 12.9. The molecule has 0 saturated carbocycles. The quantitative estimate of drug-likeness (QED) is 0.755. The van der Waals surface area contributed by atoms with Gasteiger partial charge in [-0.1, -0.05) is 6.92 Å². The van der Waals surface area contributed by atoms with Crippen LogP contribution >= 0.6 is 11.3 Å². The minimum absolute atomic E-state index is 0.169. The van der Waals surface area contributed by atoms with E-state index in [0.29, 0.717) is 12.2 Å². The van der Waals surface area contributed by atoms with Crippen molar-refractivity contribution in [1.82, 2.24) is 25.5 Å². The first-order chi connectivity index (χ1) is 11.1. The van der Waals surface area contributed by atoms with Crippen LogP contribution in [0.2, 0.25) is 0 Å². The van der Waals surface area contributed by atoms with E-state index in [9.17, 15) is 4.79 Å². The zero-order valence-corrected chi connectivity index (χ0v) is 13.7. The molecule has 0 radical (unpaired) electrons. The third-order valence-electron chi connectivity index (χ3n) is 3.43. The zero-order valence-electron chi connectivity index (χ0n) is 12.9. The number of pyridine rings is 1. The van der Waals surface area contributed by atoms with Crippen molar-refractivity contribution in [2.24, 2.45) is 0 Å². The van der Waals surface area contributed by atoms with Gasteiger partial charge in [0.1, 0.15) is 5.69 Å². The van der Waals surface area contributed by atoms with E-state index in [0.717, 1.165) is 22.0 Å². The topological polar surface area (TPSA) is 83.6 Å². The van der Waals surface area contributed by atoms with E-state index in [1.54, 1.807) is 29.8 Å². The molecule has 0 aromatic carbocycles. The summed E-state index contributed by atoms with van der Waals surface area (Å²) in [6.07, 6.45) is 3.39. The molecule has 2 N–H and O–H groups in total. The highest BCUT2D eigenvalue weighted by Gasteiger charge is 2.14. The number of thiazole rings is 1. The molecule has 3 heterocycles. The summed E-state index contributed by atoms with van der Waals surface area (Å²) in [4.78, 5) is 20.6. The van der Waals surface area contributed by atoms with Crippen molar-refractivity contribution in [3.63, 3.8) is 0 Å². The molecule has 0 unspecified atom stereocenters. The number of aryl methyl sites for hydroxylation is 1. The molecule has 118 valence electrons. The van der Waals surface area contributed by atoms with Crippen LogP contribution in [-0.2, 0) is 0 Å². The third-order valence-corrected chi connectivity index (χ3v) is 4.62. The highest BCUT2D eigenvalue weighted by atomic mass is 32.1. The Morgan fingerprint density at radius 3 is 2.87 bits per heavy atom. The number of hydrogen-bond donors (Lipinski definition) is 2. The Bertz CT molecular complexity index is 796. The van der Waals surface area contributed by atoms with E-state index in [4.69, 9.17) is 0 Å². The van der Waals surface area contributed by atoms with Crippen LogP contribution in [0.15, 0.2) is 36.0 Å². The summed E-state index contributed by atoms with van der Waals surface area (Å²) in [6.45, 7) is 4.56. The van der Waals surface area contributed by atoms with Gasteiger partial charge in [0.05, 0.1) is 10.7 Å². The number of nitrogens with one attached hydrogen (secondary N) is 2. The third kappa shape index (κ3) is 3.62. The predicted molar refractivity (Wildman–Crippen MR) is 89.4 cm³/mol. The van der Waals surface area contributed by atoms with Crippen molar-refractivity contribution in [3.05, 3.63) is 52.4 Å². The molecule has 0 aliphatic rings. The van der Waals surface area contributed by atoms with Crippen molar-refractivity contribution >= 4 is 17.2 Å². The normalized spacial score (nSPS) is 12.1. The maximum absolute atomic E-state index is 12.2. The molecule has 6 nitrogen and oxygen atoms in total. The van der Waals surface area contributed by atoms with Gasteiger partial charge in [0.15, 0.2) is 0 Å². The van der Waals surface area contributed by atoms with Crippen molar-refractivity contribution in [2.75, 3.05) is 6.54 Å². The number of aromatic amines is 1. The lowest BCUT2D eigenvalue weighted by Crippen LogP contribution is -2.27. The second-order valence-electron chi connectivity index (χ2n) is 5.34. The number of rotatable bonds is 5. The second kappa shape index (κ2) is 6.70. The number of aromatic nitrogens is 4. The average molecular weight is 327 g/mol. The Kier molecular flexibility index (Phi) is 4.47. The number of H-pyrrole nitrogens is 1. The fraction of sp³-hybridized carbons (Fsp3) is 0.250. The molecule has 0 fully saturated rings. The lowest BCUT2D eigenvalue weighted by molar-refractivity contribution is 0.0946. The number of carbonyl (C=O) groups is 1. The van der Waals surface area contributed by atoms with Gasteiger partial charge in [-0.25, -0.2) is 4.98 Å². The Morgan fingerprint density at radius 2 is 2.17 bits per heavy atom. The van der Waals surface area contributed by atoms with Gasteiger partial charge in [-0.05, 0) is 25.1 Å². The monoisotopic (exact) mass is 327 g/mol. The zero-order chi connectivity index (χ0) is 16.2. The van der Waals surface area contributed by atoms with Gasteiger partial charge in [0, 0.05) is 41.5 Å². The van der Waals surface area contributed by atoms with Gasteiger partial charge in [0.2, 0.25) is 0 Å². The minimum Gasteiger partial charge on any atom is -0.350 e. The molecule has 3 aromatic rings. The van der Waals surface area contributed by atoms with E-state index in [-0.39, 0.29) is 11.8 Å². The summed E-state index contributed by atoms with van der Waals surface area (Å²) >= 11 is 1.62. The van der Waals surface area contributed by atoms with Crippen LogP contribution in [0.5, 0.6) is 0 Å². The first-order valence-electron chi connectivity index (χ1n) is 7.29. The smallest absolute Gasteiger partial charge is 0.269 e. The summed E-state index contributed by atoms with van der Waals surface area (Å²) in [5.74, 6) is 0.0122. The Morgan fingerprint density at radius 1 is 1.39 bits per heavy atom. The Labute approximate surface area is 138 Å². The standard InChI is InChI=1S/C16H17N5OS/c1-10(16-19-11(2)9-23-16)8-18-15(22)14-7-13(20-21-14)12-3-5-17-6-4-12/h3-7,9-10H,8H2,1-2H3,(H,18,22)(H,20,21)/t10-/m1/s1. The van der Waals surface area contributed by atoms with E-state index in [2.05, 4.69) is 25.5 Å². The molecule has 7 heteroatoms. The molecular formula is C16H17N5OS. The van der Waals surface area contributed by atoms with E-state index < -0.39 is 0 Å². The lowest BCUT2D eigenvalue weighted by Gasteiger charge is -2.09. The van der Waals surface area contributed by atoms with Crippen LogP contribution in [0.3, 0.4) is 0 Å². The van der Waals surface area contributed by atoms with Crippen molar-refractivity contribution in [1.29, 1.82) is 0 Å². The predicted octanol–water partition coefficient (Wildman–Crippen LogP) is 2.77. The highest BCUT2D eigenvalue weighted by molar-refractivity contribution is 7.09. The van der Waals surface area contributed by atoms with E-state index in [1.165, 1.54) is 0 Å². The van der Waals surface area contributed by atoms with Gasteiger partial charge in [-0.3, -0.25) is 14.9 Å². The van der Waals surface area contributed by atoms with Gasteiger partial charge >= 0.3 is 0 Å². The lowest BCUT2D eigenvalue weighted by atomic mass is 10.2. The van der Waals surface area contributed by atoms with Gasteiger partial charge in [-0.15, -0.1) is 11.3 Å². The molecular weight excluding hydrogens is 310 g/mol. The summed E-state index contributed by atoms with van der Waals surface area (Å²) in [5.41, 5.74) is 3.10. The first kappa shape index (κ1) is 15.4. The van der Waals surface area contributed by atoms with Crippen LogP contribution < -0.4 is 5.32 Å². The Balaban J connectivity index is 1.62. The summed E-state index contributed by atoms with van der Waals surface area (Å²) in [7, 11) is 0. The largest absolute Gasteiger partial charge is 0.350 e. The second-order valence-corrected chi connectivity index (χ2v) is 6.23. The maximum Gasteiger partial charge on any atom is 0.269 e. The molecule has 0 bridgehead atoms. The van der Waals surface area contributed by atoms with Crippen molar-refractivity contribution in [3.8, 4) is 11.3 Å². The van der Waals surface area contributed by atoms with Crippen LogP contribution in [0.1, 0.15) is 34.0 Å². The van der Waals surface area contributed by atoms with Gasteiger partial charge in [-0.2, -0.15) is 5.10 Å². The molecule has 0 aliphatic heterocycles. The van der Waals surface area contributed by atoms with Crippen LogP contribution in [0, 0.1) is 6.92 Å². The molecule has 3 rings (SSSR count). The van der Waals surface area contributed by atoms with Gasteiger partial charge in [0.25, 0.3) is 5.91 Å². The Hall–Kier alpha value is -2.54. The molecule has 0 aliphatic carbocycles. The average Bonchev–Trinajstić information content (AvgIpc) is 3.22. The fourth-order valence-corrected chi connectivity index (χ4v) is 2.99. The van der Waals surface area contributed by atoms with Crippen molar-refractivity contribution < 1.29 is 4.79 Å². The molecule has 1 amide bonds. The van der Waals surface area contributed by atoms with Crippen LogP contribution in [0.25, 0.3) is 11.3 Å². The number of nitrogens with zero attached hydrogens (tertiary/aromatic N) is 3. The first-order valence-corrected chi connectivity index (χ1v) is 8.17. The van der Waals surface area contributed by atoms with Crippen molar-refractivity contribution in [2.45, 2.75) is 19.8 Å². The molecule has 23 heavy (non-hydrogen) atoms. The molecule has 0 saturated heterocycles. The van der Waals surface area contributed by atoms with Gasteiger partial charge < -0.3 is 5.32 Å². The van der Waals surface area contributed by atoms with Crippen LogP contribution in [-0.4, -0.2) is 32.6 Å². The molecule has 3 aromatic heterocycles. The SMILES string of the molecule is Cc1csc([C@H](C)CNC(=O)c2cc(-c3ccncc3)n[nH]2)n1. The number of carbonyl (C=O) groups excluding carboxylic acids is 1. The number of hydrogen-bond acceptors (Lipinski definition) is 5. The minimum atomic E-state index is -0.169. The van der Waals surface area contributed by atoms with E-state index in [1.807, 2.05) is 31.4 Å². The number of amides is 1. The molecule has 1 atom stereocenters. The molecule has 0 spiro atoms. The highest BCUT2D eigenvalue weighted by Crippen LogP contribution is 2.19.